The van der Waals surface area contributed by atoms with Crippen LogP contribution in [-0.4, -0.2) is 20.8 Å². The molecule has 0 heterocycles. The third-order valence-corrected chi connectivity index (χ3v) is 11.7. The second-order valence-corrected chi connectivity index (χ2v) is 21.6. The van der Waals surface area contributed by atoms with Crippen LogP contribution in [0.1, 0.15) is 225 Å². The average molecular weight is 712 g/mol. The molecule has 3 N–H and O–H groups in total. The van der Waals surface area contributed by atoms with Crippen molar-refractivity contribution < 1.29 is 14.7 Å². The first-order chi connectivity index (χ1) is 22.9. The van der Waals surface area contributed by atoms with Crippen LogP contribution >= 0.6 is 7.94 Å². The van der Waals surface area contributed by atoms with Gasteiger partial charge in [0.2, 0.25) is 0 Å². The highest BCUT2D eigenvalue weighted by molar-refractivity contribution is 7.58. The van der Waals surface area contributed by atoms with E-state index in [0.717, 1.165) is 19.3 Å². The SMILES string of the molecule is CCCCCCCCCCCCC(CC(CCC[P+](O)(O)O)c1ccc(C(C)(C)C)cc1C(C)(C)C)c1ccc(C(C)(C)C)cc1C(C)(C)C. The first kappa shape index (κ1) is 44.9. The Hall–Kier alpha value is -1.25. The minimum absolute atomic E-state index is 0.0157. The van der Waals surface area contributed by atoms with Gasteiger partial charge in [-0.2, -0.15) is 14.7 Å². The minimum Gasteiger partial charge on any atom is -0.193 e. The fourth-order valence-corrected chi connectivity index (χ4v) is 8.24. The molecule has 2 aromatic rings. The maximum absolute atomic E-state index is 9.97. The Morgan fingerprint density at radius 3 is 1.18 bits per heavy atom. The largest absolute Gasteiger partial charge is 0.403 e. The molecule has 0 aliphatic heterocycles. The summed E-state index contributed by atoms with van der Waals surface area (Å²) in [4.78, 5) is 29.9. The molecule has 2 aromatic carbocycles. The Labute approximate surface area is 311 Å². The highest BCUT2D eigenvalue weighted by Gasteiger charge is 2.33. The topological polar surface area (TPSA) is 60.7 Å². The summed E-state index contributed by atoms with van der Waals surface area (Å²) in [6.07, 6.45) is 17.0. The van der Waals surface area contributed by atoms with Crippen molar-refractivity contribution >= 4 is 7.94 Å². The van der Waals surface area contributed by atoms with Crippen LogP contribution in [0.5, 0.6) is 0 Å². The molecule has 0 saturated carbocycles. The standard InChI is InChI=1S/C46H80O3P/c1-14-15-16-17-18-19-20-21-22-23-25-35(39-29-27-37(43(2,3)4)33-41(39)45(8,9)10)32-36(26-24-31-50(47,48)49)40-30-28-38(44(5,6)7)34-42(40)46(11,12)13/h27-30,33-36,47-49H,14-26,31-32H2,1-13H3/q+1. The van der Waals surface area contributed by atoms with E-state index < -0.39 is 7.94 Å². The van der Waals surface area contributed by atoms with Crippen molar-refractivity contribution in [3.05, 3.63) is 69.8 Å². The summed E-state index contributed by atoms with van der Waals surface area (Å²) in [5.74, 6) is 0.636. The van der Waals surface area contributed by atoms with E-state index in [-0.39, 0.29) is 33.7 Å². The van der Waals surface area contributed by atoms with Gasteiger partial charge in [-0.3, -0.25) is 0 Å². The summed E-state index contributed by atoms with van der Waals surface area (Å²) in [5.41, 5.74) is 8.59. The molecular formula is C46H80O3P+. The Kier molecular flexibility index (Phi) is 17.2. The molecule has 0 aliphatic carbocycles. The molecule has 286 valence electrons. The van der Waals surface area contributed by atoms with Crippen molar-refractivity contribution in [2.24, 2.45) is 0 Å². The summed E-state index contributed by atoms with van der Waals surface area (Å²) in [7, 11) is -3.82. The lowest BCUT2D eigenvalue weighted by atomic mass is 9.70. The van der Waals surface area contributed by atoms with Gasteiger partial charge >= 0.3 is 7.94 Å². The highest BCUT2D eigenvalue weighted by atomic mass is 31.2. The van der Waals surface area contributed by atoms with Gasteiger partial charge in [0.1, 0.15) is 6.16 Å². The molecule has 0 bridgehead atoms. The quantitative estimate of drug-likeness (QED) is 0.100. The lowest BCUT2D eigenvalue weighted by Gasteiger charge is -2.34. The molecule has 4 heteroatoms. The van der Waals surface area contributed by atoms with Crippen LogP contribution in [0.3, 0.4) is 0 Å². The fraction of sp³-hybridized carbons (Fsp3) is 0.739. The smallest absolute Gasteiger partial charge is 0.193 e. The first-order valence-corrected chi connectivity index (χ1v) is 22.1. The molecule has 0 fully saturated rings. The van der Waals surface area contributed by atoms with Crippen molar-refractivity contribution in [1.29, 1.82) is 0 Å². The number of hydrogen-bond donors (Lipinski definition) is 3. The molecular weight excluding hydrogens is 631 g/mol. The van der Waals surface area contributed by atoms with Crippen LogP contribution in [-0.2, 0) is 21.7 Å². The molecule has 0 saturated heterocycles. The van der Waals surface area contributed by atoms with E-state index in [9.17, 15) is 14.7 Å². The third-order valence-electron chi connectivity index (χ3n) is 10.8. The fourth-order valence-electron chi connectivity index (χ4n) is 7.63. The lowest BCUT2D eigenvalue weighted by molar-refractivity contribution is 0.327. The van der Waals surface area contributed by atoms with Crippen molar-refractivity contribution in [3.63, 3.8) is 0 Å². The van der Waals surface area contributed by atoms with Crippen LogP contribution < -0.4 is 0 Å². The second kappa shape index (κ2) is 19.2. The van der Waals surface area contributed by atoms with E-state index in [2.05, 4.69) is 126 Å². The van der Waals surface area contributed by atoms with Crippen LogP contribution in [0, 0.1) is 0 Å². The predicted octanol–water partition coefficient (Wildman–Crippen LogP) is 14.0. The number of rotatable bonds is 19. The summed E-state index contributed by atoms with van der Waals surface area (Å²) in [6.45, 7) is 30.2. The van der Waals surface area contributed by atoms with E-state index in [4.69, 9.17) is 0 Å². The normalized spacial score (nSPS) is 14.6. The number of hydrogen-bond acceptors (Lipinski definition) is 3. The Balaban J connectivity index is 2.57. The molecule has 0 amide bonds. The first-order valence-electron chi connectivity index (χ1n) is 20.3. The predicted molar refractivity (Wildman–Crippen MR) is 222 cm³/mol. The van der Waals surface area contributed by atoms with Gasteiger partial charge in [0.05, 0.1) is 0 Å². The van der Waals surface area contributed by atoms with E-state index in [0.29, 0.717) is 12.3 Å². The molecule has 0 spiro atoms. The Bertz CT molecular complexity index is 1280. The van der Waals surface area contributed by atoms with Crippen LogP contribution in [0.4, 0.5) is 0 Å². The van der Waals surface area contributed by atoms with E-state index >= 15 is 0 Å². The zero-order valence-corrected chi connectivity index (χ0v) is 35.9. The monoisotopic (exact) mass is 712 g/mol. The number of benzene rings is 2. The minimum atomic E-state index is -3.82. The Morgan fingerprint density at radius 2 is 0.840 bits per heavy atom. The molecule has 2 rings (SSSR count). The van der Waals surface area contributed by atoms with E-state index in [1.54, 1.807) is 0 Å². The van der Waals surface area contributed by atoms with Crippen molar-refractivity contribution in [2.45, 2.75) is 213 Å². The summed E-state index contributed by atoms with van der Waals surface area (Å²) < 4.78 is 0. The summed E-state index contributed by atoms with van der Waals surface area (Å²) in [5, 5.41) is 0. The summed E-state index contributed by atoms with van der Waals surface area (Å²) >= 11 is 0. The summed E-state index contributed by atoms with van der Waals surface area (Å²) in [6, 6.07) is 14.5. The Morgan fingerprint density at radius 1 is 0.480 bits per heavy atom. The molecule has 0 aromatic heterocycles. The van der Waals surface area contributed by atoms with Gasteiger partial charge in [-0.15, -0.1) is 0 Å². The molecule has 0 aliphatic rings. The molecule has 2 atom stereocenters. The van der Waals surface area contributed by atoms with Gasteiger partial charge in [-0.05, 0) is 92.6 Å². The lowest BCUT2D eigenvalue weighted by Crippen LogP contribution is -2.22. The van der Waals surface area contributed by atoms with E-state index in [1.807, 2.05) is 0 Å². The maximum atomic E-state index is 9.97. The third kappa shape index (κ3) is 15.4. The van der Waals surface area contributed by atoms with Gasteiger partial charge in [0, 0.05) is 0 Å². The number of unbranched alkanes of at least 4 members (excludes halogenated alkanes) is 9. The van der Waals surface area contributed by atoms with Crippen LogP contribution in [0.2, 0.25) is 0 Å². The zero-order chi connectivity index (χ0) is 38.0. The van der Waals surface area contributed by atoms with Gasteiger partial charge < -0.3 is 0 Å². The van der Waals surface area contributed by atoms with Gasteiger partial charge in [-0.25, -0.2) is 0 Å². The van der Waals surface area contributed by atoms with Crippen LogP contribution in [0.15, 0.2) is 36.4 Å². The maximum Gasteiger partial charge on any atom is 0.403 e. The van der Waals surface area contributed by atoms with E-state index in [1.165, 1.54) is 97.6 Å². The van der Waals surface area contributed by atoms with Crippen molar-refractivity contribution in [3.8, 4) is 0 Å². The van der Waals surface area contributed by atoms with Gasteiger partial charge in [-0.1, -0.05) is 191 Å². The van der Waals surface area contributed by atoms with Crippen molar-refractivity contribution in [1.82, 2.24) is 0 Å². The average Bonchev–Trinajstić information content (AvgIpc) is 2.97. The van der Waals surface area contributed by atoms with Crippen LogP contribution in [0.25, 0.3) is 0 Å². The zero-order valence-electron chi connectivity index (χ0n) is 35.0. The second-order valence-electron chi connectivity index (χ2n) is 19.8. The molecule has 3 nitrogen and oxygen atoms in total. The van der Waals surface area contributed by atoms with Gasteiger partial charge in [0.15, 0.2) is 0 Å². The highest BCUT2D eigenvalue weighted by Crippen LogP contribution is 2.48. The van der Waals surface area contributed by atoms with Gasteiger partial charge in [0.25, 0.3) is 0 Å². The molecule has 0 radical (unpaired) electrons. The molecule has 2 unspecified atom stereocenters. The van der Waals surface area contributed by atoms with Crippen molar-refractivity contribution in [2.75, 3.05) is 6.16 Å². The molecule has 50 heavy (non-hydrogen) atoms.